The second-order valence-corrected chi connectivity index (χ2v) is 6.01. The zero-order valence-electron chi connectivity index (χ0n) is 10.7. The van der Waals surface area contributed by atoms with Gasteiger partial charge in [0.1, 0.15) is 4.90 Å². The molecular formula is C10H18N6O2S. The lowest BCUT2D eigenvalue weighted by Gasteiger charge is -2.32. The third-order valence-corrected chi connectivity index (χ3v) is 4.36. The van der Waals surface area contributed by atoms with Gasteiger partial charge in [0.25, 0.3) is 10.0 Å². The molecule has 0 saturated carbocycles. The van der Waals surface area contributed by atoms with E-state index in [0.29, 0.717) is 13.1 Å². The van der Waals surface area contributed by atoms with E-state index in [1.165, 1.54) is 12.3 Å². The summed E-state index contributed by atoms with van der Waals surface area (Å²) in [6.45, 7) is 2.91. The third kappa shape index (κ3) is 3.39. The number of hydrogen-bond acceptors (Lipinski definition) is 7. The molecule has 1 aromatic heterocycles. The van der Waals surface area contributed by atoms with Crippen LogP contribution in [0.15, 0.2) is 23.2 Å². The standard InChI is InChI=1S/C10H18N6O2S/c1-15-5-7-16(8-6-15)14-19(17,18)9-3-2-4-12-10(9)13-11/h2-4,14H,5-8,11H2,1H3,(H,12,13). The number of hydrazine groups is 2. The van der Waals surface area contributed by atoms with Gasteiger partial charge in [0.15, 0.2) is 5.82 Å². The Labute approximate surface area is 112 Å². The van der Waals surface area contributed by atoms with E-state index in [4.69, 9.17) is 5.84 Å². The fourth-order valence-electron chi connectivity index (χ4n) is 1.83. The SMILES string of the molecule is CN1CCN(NS(=O)(=O)c2cccnc2NN)CC1. The molecule has 0 aromatic carbocycles. The maximum Gasteiger partial charge on any atom is 0.257 e. The molecule has 2 rings (SSSR count). The lowest BCUT2D eigenvalue weighted by molar-refractivity contribution is 0.135. The zero-order chi connectivity index (χ0) is 13.9. The maximum absolute atomic E-state index is 12.3. The lowest BCUT2D eigenvalue weighted by atomic mass is 10.4. The third-order valence-electron chi connectivity index (χ3n) is 2.95. The maximum atomic E-state index is 12.3. The minimum atomic E-state index is -3.67. The molecule has 0 spiro atoms. The average molecular weight is 286 g/mol. The number of rotatable bonds is 4. The van der Waals surface area contributed by atoms with Crippen molar-refractivity contribution < 1.29 is 8.42 Å². The van der Waals surface area contributed by atoms with Crippen LogP contribution in [0.25, 0.3) is 0 Å². The molecule has 106 valence electrons. The van der Waals surface area contributed by atoms with Gasteiger partial charge in [0.2, 0.25) is 0 Å². The fourth-order valence-corrected chi connectivity index (χ4v) is 3.08. The second kappa shape index (κ2) is 5.80. The monoisotopic (exact) mass is 286 g/mol. The Morgan fingerprint density at radius 2 is 2.00 bits per heavy atom. The van der Waals surface area contributed by atoms with Gasteiger partial charge in [0, 0.05) is 32.4 Å². The number of nitrogen functional groups attached to an aromatic ring is 1. The van der Waals surface area contributed by atoms with Crippen molar-refractivity contribution in [2.24, 2.45) is 5.84 Å². The number of likely N-dealkylation sites (N-methyl/N-ethyl adjacent to an activating group) is 1. The Bertz CT molecular complexity index is 527. The van der Waals surface area contributed by atoms with Gasteiger partial charge >= 0.3 is 0 Å². The van der Waals surface area contributed by atoms with Crippen molar-refractivity contribution >= 4 is 15.8 Å². The van der Waals surface area contributed by atoms with Crippen LogP contribution < -0.4 is 16.1 Å². The van der Waals surface area contributed by atoms with Crippen molar-refractivity contribution in [1.82, 2.24) is 19.7 Å². The van der Waals surface area contributed by atoms with Gasteiger partial charge in [-0.15, -0.1) is 4.83 Å². The minimum absolute atomic E-state index is 0.0384. The van der Waals surface area contributed by atoms with E-state index in [-0.39, 0.29) is 10.7 Å². The highest BCUT2D eigenvalue weighted by molar-refractivity contribution is 7.89. The number of nitrogens with zero attached hydrogens (tertiary/aromatic N) is 3. The first-order chi connectivity index (χ1) is 9.03. The van der Waals surface area contributed by atoms with E-state index < -0.39 is 10.0 Å². The number of hydrogen-bond donors (Lipinski definition) is 3. The summed E-state index contributed by atoms with van der Waals surface area (Å²) >= 11 is 0. The predicted molar refractivity (Wildman–Crippen MR) is 71.4 cm³/mol. The second-order valence-electron chi connectivity index (χ2n) is 4.38. The molecule has 0 bridgehead atoms. The molecule has 1 aliphatic rings. The highest BCUT2D eigenvalue weighted by Gasteiger charge is 2.23. The Morgan fingerprint density at radius 3 is 2.63 bits per heavy atom. The van der Waals surface area contributed by atoms with Crippen LogP contribution in [0.5, 0.6) is 0 Å². The molecule has 1 aromatic rings. The molecule has 0 atom stereocenters. The molecule has 19 heavy (non-hydrogen) atoms. The van der Waals surface area contributed by atoms with Gasteiger partial charge in [-0.25, -0.2) is 24.3 Å². The van der Waals surface area contributed by atoms with E-state index in [9.17, 15) is 8.42 Å². The van der Waals surface area contributed by atoms with Crippen molar-refractivity contribution in [2.45, 2.75) is 4.90 Å². The summed E-state index contributed by atoms with van der Waals surface area (Å²) in [4.78, 5) is 8.62. The molecule has 1 fully saturated rings. The van der Waals surface area contributed by atoms with Gasteiger partial charge in [-0.2, -0.15) is 0 Å². The minimum Gasteiger partial charge on any atom is -0.307 e. The van der Waals surface area contributed by atoms with Crippen LogP contribution in [0.4, 0.5) is 5.82 Å². The first-order valence-electron chi connectivity index (χ1n) is 5.90. The molecule has 0 unspecified atom stereocenters. The number of nitrogens with one attached hydrogen (secondary N) is 2. The van der Waals surface area contributed by atoms with Crippen molar-refractivity contribution in [3.05, 3.63) is 18.3 Å². The summed E-state index contributed by atoms with van der Waals surface area (Å²) < 4.78 is 24.5. The number of anilines is 1. The Hall–Kier alpha value is -1.26. The van der Waals surface area contributed by atoms with E-state index in [2.05, 4.69) is 20.1 Å². The number of piperazine rings is 1. The zero-order valence-corrected chi connectivity index (χ0v) is 11.5. The average Bonchev–Trinajstić information content (AvgIpc) is 2.41. The number of nitrogens with two attached hydrogens (primary N) is 1. The smallest absolute Gasteiger partial charge is 0.257 e. The van der Waals surface area contributed by atoms with Gasteiger partial charge < -0.3 is 10.3 Å². The Balaban J connectivity index is 2.14. The molecule has 9 heteroatoms. The van der Waals surface area contributed by atoms with Gasteiger partial charge in [-0.05, 0) is 19.2 Å². The van der Waals surface area contributed by atoms with Crippen molar-refractivity contribution in [2.75, 3.05) is 38.7 Å². The first kappa shape index (κ1) is 14.2. The largest absolute Gasteiger partial charge is 0.307 e. The van der Waals surface area contributed by atoms with E-state index in [1.807, 2.05) is 7.05 Å². The summed E-state index contributed by atoms with van der Waals surface area (Å²) in [6.07, 6.45) is 1.48. The van der Waals surface area contributed by atoms with Crippen LogP contribution in [0.3, 0.4) is 0 Å². The molecule has 1 aliphatic heterocycles. The van der Waals surface area contributed by atoms with E-state index in [1.54, 1.807) is 11.1 Å². The number of aromatic nitrogens is 1. The predicted octanol–water partition coefficient (Wildman–Crippen LogP) is -1.19. The van der Waals surface area contributed by atoms with Crippen LogP contribution in [0.2, 0.25) is 0 Å². The Kier molecular flexibility index (Phi) is 4.32. The van der Waals surface area contributed by atoms with Crippen molar-refractivity contribution in [1.29, 1.82) is 0 Å². The van der Waals surface area contributed by atoms with E-state index in [0.717, 1.165) is 13.1 Å². The molecule has 0 radical (unpaired) electrons. The molecule has 1 saturated heterocycles. The number of sulfonamides is 1. The quantitative estimate of drug-likeness (QED) is 0.472. The van der Waals surface area contributed by atoms with Crippen molar-refractivity contribution in [3.8, 4) is 0 Å². The summed E-state index contributed by atoms with van der Waals surface area (Å²) in [7, 11) is -1.66. The van der Waals surface area contributed by atoms with Gasteiger partial charge in [-0.3, -0.25) is 0 Å². The number of pyridine rings is 1. The van der Waals surface area contributed by atoms with Crippen LogP contribution in [0.1, 0.15) is 0 Å². The van der Waals surface area contributed by atoms with Crippen LogP contribution in [0, 0.1) is 0 Å². The van der Waals surface area contributed by atoms with Crippen LogP contribution in [-0.2, 0) is 10.0 Å². The first-order valence-corrected chi connectivity index (χ1v) is 7.39. The van der Waals surface area contributed by atoms with Crippen LogP contribution >= 0.6 is 0 Å². The lowest BCUT2D eigenvalue weighted by Crippen LogP contribution is -2.52. The highest BCUT2D eigenvalue weighted by Crippen LogP contribution is 2.17. The molecule has 0 amide bonds. The van der Waals surface area contributed by atoms with Gasteiger partial charge in [0.05, 0.1) is 0 Å². The highest BCUT2D eigenvalue weighted by atomic mass is 32.2. The molecule has 0 aliphatic carbocycles. The van der Waals surface area contributed by atoms with Crippen LogP contribution in [-0.4, -0.2) is 56.5 Å². The topological polar surface area (TPSA) is 104 Å². The summed E-state index contributed by atoms with van der Waals surface area (Å²) in [6, 6.07) is 3.01. The Morgan fingerprint density at radius 1 is 1.32 bits per heavy atom. The van der Waals surface area contributed by atoms with Crippen molar-refractivity contribution in [3.63, 3.8) is 0 Å². The normalized spacial score (nSPS) is 18.4. The van der Waals surface area contributed by atoms with E-state index >= 15 is 0 Å². The summed E-state index contributed by atoms with van der Waals surface area (Å²) in [5.41, 5.74) is 2.29. The summed E-state index contributed by atoms with van der Waals surface area (Å²) in [5.74, 6) is 5.40. The summed E-state index contributed by atoms with van der Waals surface area (Å²) in [5, 5.41) is 1.68. The van der Waals surface area contributed by atoms with Gasteiger partial charge in [-0.1, -0.05) is 0 Å². The molecular weight excluding hydrogens is 268 g/mol. The fraction of sp³-hybridized carbons (Fsp3) is 0.500. The molecule has 2 heterocycles. The molecule has 4 N–H and O–H groups in total. The molecule has 8 nitrogen and oxygen atoms in total.